The molecule has 1 saturated heterocycles. The molecule has 0 saturated carbocycles. The minimum atomic E-state index is -0.404. The summed E-state index contributed by atoms with van der Waals surface area (Å²) in [6.45, 7) is 7.62. The second kappa shape index (κ2) is 6.53. The van der Waals surface area contributed by atoms with Crippen LogP contribution in [0.5, 0.6) is 5.75 Å². The monoisotopic (exact) mass is 314 g/mol. The fourth-order valence-electron chi connectivity index (χ4n) is 2.51. The van der Waals surface area contributed by atoms with E-state index >= 15 is 0 Å². The number of carbonyl (C=O) groups is 1. The molecule has 6 nitrogen and oxygen atoms in total. The first kappa shape index (κ1) is 15.9. The Kier molecular flexibility index (Phi) is 4.95. The fourth-order valence-corrected chi connectivity index (χ4v) is 3.62. The van der Waals surface area contributed by atoms with E-state index in [2.05, 4.69) is 4.90 Å². The molecular formula is C14H22N2O4S. The van der Waals surface area contributed by atoms with Gasteiger partial charge in [0.2, 0.25) is 0 Å². The van der Waals surface area contributed by atoms with Gasteiger partial charge in [-0.05, 0) is 20.8 Å². The van der Waals surface area contributed by atoms with Crippen LogP contribution in [0.25, 0.3) is 0 Å². The van der Waals surface area contributed by atoms with Crippen LogP contribution in [0.3, 0.4) is 0 Å². The van der Waals surface area contributed by atoms with Gasteiger partial charge in [0.25, 0.3) is 0 Å². The third-order valence-electron chi connectivity index (χ3n) is 3.25. The Bertz CT molecular complexity index is 507. The third kappa shape index (κ3) is 3.24. The molecule has 0 aliphatic carbocycles. The molecule has 7 heteroatoms. The van der Waals surface area contributed by atoms with Gasteiger partial charge in [0.1, 0.15) is 15.6 Å². The van der Waals surface area contributed by atoms with E-state index in [1.54, 1.807) is 14.0 Å². The summed E-state index contributed by atoms with van der Waals surface area (Å²) in [6.07, 6.45) is 0.237. The van der Waals surface area contributed by atoms with Gasteiger partial charge in [-0.3, -0.25) is 0 Å². The highest BCUT2D eigenvalue weighted by Gasteiger charge is 2.30. The second-order valence-corrected chi connectivity index (χ2v) is 6.07. The summed E-state index contributed by atoms with van der Waals surface area (Å²) >= 11 is 1.32. The number of nitrogens with two attached hydrogens (primary N) is 1. The molecule has 1 aliphatic rings. The van der Waals surface area contributed by atoms with Crippen LogP contribution in [0.4, 0.5) is 10.7 Å². The molecule has 1 aromatic rings. The van der Waals surface area contributed by atoms with E-state index in [1.807, 2.05) is 13.8 Å². The first-order chi connectivity index (χ1) is 9.97. The van der Waals surface area contributed by atoms with Crippen LogP contribution in [0.2, 0.25) is 0 Å². The topological polar surface area (TPSA) is 74.0 Å². The number of carbonyl (C=O) groups excluding carboxylic acids is 1. The minimum absolute atomic E-state index is 0.118. The van der Waals surface area contributed by atoms with Gasteiger partial charge >= 0.3 is 5.97 Å². The average molecular weight is 314 g/mol. The summed E-state index contributed by atoms with van der Waals surface area (Å²) in [5.74, 6) is 0.142. The van der Waals surface area contributed by atoms with Gasteiger partial charge in [-0.15, -0.1) is 11.3 Å². The highest BCUT2D eigenvalue weighted by molar-refractivity contribution is 7.19. The summed E-state index contributed by atoms with van der Waals surface area (Å²) < 4.78 is 16.2. The van der Waals surface area contributed by atoms with Crippen molar-refractivity contribution < 1.29 is 19.0 Å². The van der Waals surface area contributed by atoms with E-state index in [4.69, 9.17) is 19.9 Å². The van der Waals surface area contributed by atoms with Crippen LogP contribution >= 0.6 is 11.3 Å². The van der Waals surface area contributed by atoms with Crippen molar-refractivity contribution in [3.63, 3.8) is 0 Å². The van der Waals surface area contributed by atoms with E-state index in [1.165, 1.54) is 11.3 Å². The fraction of sp³-hybridized carbons (Fsp3) is 0.643. The number of hydrogen-bond acceptors (Lipinski definition) is 7. The molecule has 1 fully saturated rings. The lowest BCUT2D eigenvalue weighted by molar-refractivity contribution is -0.00510. The normalized spacial score (nSPS) is 22.2. The molecule has 1 aliphatic heterocycles. The van der Waals surface area contributed by atoms with E-state index in [0.29, 0.717) is 22.9 Å². The maximum Gasteiger partial charge on any atom is 0.350 e. The predicted octanol–water partition coefficient (Wildman–Crippen LogP) is 2.13. The molecule has 1 aromatic heterocycles. The summed E-state index contributed by atoms with van der Waals surface area (Å²) in [7, 11) is 1.56. The van der Waals surface area contributed by atoms with Gasteiger partial charge in [0, 0.05) is 13.1 Å². The van der Waals surface area contributed by atoms with Crippen LogP contribution in [-0.4, -0.2) is 45.0 Å². The van der Waals surface area contributed by atoms with Gasteiger partial charge in [-0.2, -0.15) is 0 Å². The first-order valence-corrected chi connectivity index (χ1v) is 7.83. The molecule has 0 spiro atoms. The molecule has 2 heterocycles. The molecule has 2 atom stereocenters. The Morgan fingerprint density at radius 2 is 2.05 bits per heavy atom. The van der Waals surface area contributed by atoms with Gasteiger partial charge in [0.15, 0.2) is 5.75 Å². The van der Waals surface area contributed by atoms with Gasteiger partial charge in [0.05, 0.1) is 25.9 Å². The number of thiophene rings is 1. The largest absolute Gasteiger partial charge is 0.492 e. The number of nitrogen functional groups attached to an aromatic ring is 1. The van der Waals surface area contributed by atoms with Crippen LogP contribution in [-0.2, 0) is 9.47 Å². The highest BCUT2D eigenvalue weighted by Crippen LogP contribution is 2.45. The SMILES string of the molecule is CCOC(=O)c1sc(N2C[C@@H](C)O[C@@H](C)C2)c(OC)c1N. The molecular weight excluding hydrogens is 292 g/mol. The lowest BCUT2D eigenvalue weighted by Gasteiger charge is -2.36. The first-order valence-electron chi connectivity index (χ1n) is 7.01. The number of anilines is 2. The maximum absolute atomic E-state index is 12.0. The third-order valence-corrected chi connectivity index (χ3v) is 4.48. The standard InChI is InChI=1S/C14H22N2O4S/c1-5-19-14(17)12-10(15)11(18-4)13(21-12)16-6-8(2)20-9(3)7-16/h8-9H,5-7,15H2,1-4H3/t8-,9+. The number of esters is 1. The highest BCUT2D eigenvalue weighted by atomic mass is 32.1. The number of morpholine rings is 1. The molecule has 2 N–H and O–H groups in total. The summed E-state index contributed by atoms with van der Waals surface area (Å²) in [4.78, 5) is 14.5. The maximum atomic E-state index is 12.0. The summed E-state index contributed by atoms with van der Waals surface area (Å²) in [5, 5.41) is 0.861. The second-order valence-electron chi connectivity index (χ2n) is 5.07. The molecule has 2 rings (SSSR count). The Hall–Kier alpha value is -1.47. The average Bonchev–Trinajstić information content (AvgIpc) is 2.75. The van der Waals surface area contributed by atoms with E-state index in [-0.39, 0.29) is 12.2 Å². The van der Waals surface area contributed by atoms with Crippen molar-refractivity contribution in [1.29, 1.82) is 0 Å². The number of nitrogens with zero attached hydrogens (tertiary/aromatic N) is 1. The minimum Gasteiger partial charge on any atom is -0.492 e. The number of hydrogen-bond donors (Lipinski definition) is 1. The van der Waals surface area contributed by atoms with Crippen molar-refractivity contribution >= 4 is 28.0 Å². The smallest absolute Gasteiger partial charge is 0.350 e. The van der Waals surface area contributed by atoms with Crippen LogP contribution in [0.1, 0.15) is 30.4 Å². The number of methoxy groups -OCH3 is 1. The molecule has 0 unspecified atom stereocenters. The lowest BCUT2D eigenvalue weighted by atomic mass is 10.2. The molecule has 0 aromatic carbocycles. The van der Waals surface area contributed by atoms with Crippen molar-refractivity contribution in [2.75, 3.05) is 37.4 Å². The Labute approximate surface area is 128 Å². The Morgan fingerprint density at radius 3 is 2.57 bits per heavy atom. The molecule has 118 valence electrons. The Morgan fingerprint density at radius 1 is 1.43 bits per heavy atom. The van der Waals surface area contributed by atoms with E-state index < -0.39 is 5.97 Å². The van der Waals surface area contributed by atoms with Gasteiger partial charge < -0.3 is 24.8 Å². The van der Waals surface area contributed by atoms with Crippen LogP contribution in [0, 0.1) is 0 Å². The van der Waals surface area contributed by atoms with Crippen LogP contribution in [0.15, 0.2) is 0 Å². The zero-order chi connectivity index (χ0) is 15.6. The van der Waals surface area contributed by atoms with Crippen molar-refractivity contribution in [2.24, 2.45) is 0 Å². The number of rotatable bonds is 4. The molecule has 0 radical (unpaired) electrons. The van der Waals surface area contributed by atoms with E-state index in [0.717, 1.165) is 18.1 Å². The lowest BCUT2D eigenvalue weighted by Crippen LogP contribution is -2.45. The molecule has 21 heavy (non-hydrogen) atoms. The van der Waals surface area contributed by atoms with E-state index in [9.17, 15) is 4.79 Å². The van der Waals surface area contributed by atoms with Crippen molar-refractivity contribution in [2.45, 2.75) is 33.0 Å². The Balaban J connectivity index is 2.34. The molecule has 0 amide bonds. The summed E-state index contributed by atoms with van der Waals surface area (Å²) in [5.41, 5.74) is 6.40. The zero-order valence-corrected chi connectivity index (χ0v) is 13.7. The van der Waals surface area contributed by atoms with Gasteiger partial charge in [-0.1, -0.05) is 0 Å². The molecule has 0 bridgehead atoms. The van der Waals surface area contributed by atoms with Crippen molar-refractivity contribution in [3.8, 4) is 5.75 Å². The zero-order valence-electron chi connectivity index (χ0n) is 12.8. The van der Waals surface area contributed by atoms with Crippen molar-refractivity contribution in [3.05, 3.63) is 4.88 Å². The van der Waals surface area contributed by atoms with Crippen molar-refractivity contribution in [1.82, 2.24) is 0 Å². The number of ether oxygens (including phenoxy) is 3. The van der Waals surface area contributed by atoms with Gasteiger partial charge in [-0.25, -0.2) is 4.79 Å². The summed E-state index contributed by atoms with van der Waals surface area (Å²) in [6, 6.07) is 0. The van der Waals surface area contributed by atoms with Crippen LogP contribution < -0.4 is 15.4 Å². The quantitative estimate of drug-likeness (QED) is 0.858. The predicted molar refractivity (Wildman–Crippen MR) is 83.5 cm³/mol.